The summed E-state index contributed by atoms with van der Waals surface area (Å²) in [7, 11) is 0. The Balaban J connectivity index is 2.10. The molecule has 0 bridgehead atoms. The molecule has 2 rings (SSSR count). The van der Waals surface area contributed by atoms with Crippen LogP contribution in [0.2, 0.25) is 4.82 Å². The minimum absolute atomic E-state index is 0.197. The van der Waals surface area contributed by atoms with Crippen molar-refractivity contribution in [2.45, 2.75) is 50.6 Å². The molecule has 1 saturated heterocycles. The average molecular weight is 398 g/mol. The molecule has 132 valence electrons. The third-order valence-corrected chi connectivity index (χ3v) is 6.05. The second kappa shape index (κ2) is 8.04. The maximum absolute atomic E-state index is 12.5. The van der Waals surface area contributed by atoms with Gasteiger partial charge in [-0.3, -0.25) is 0 Å². The topological polar surface area (TPSA) is 55.8 Å². The van der Waals surface area contributed by atoms with Gasteiger partial charge < -0.3 is 0 Å². The van der Waals surface area contributed by atoms with Gasteiger partial charge in [0.15, 0.2) is 0 Å². The van der Waals surface area contributed by atoms with Crippen molar-refractivity contribution in [1.29, 1.82) is 0 Å². The van der Waals surface area contributed by atoms with E-state index in [9.17, 15) is 9.59 Å². The summed E-state index contributed by atoms with van der Waals surface area (Å²) < 4.78 is 11.9. The number of rotatable bonds is 4. The number of ether oxygens (including phenoxy) is 2. The van der Waals surface area contributed by atoms with Crippen LogP contribution >= 0.6 is 0 Å². The fourth-order valence-electron chi connectivity index (χ4n) is 2.56. The van der Waals surface area contributed by atoms with E-state index < -0.39 is 17.7 Å². The Labute approximate surface area is 149 Å². The van der Waals surface area contributed by atoms with E-state index in [0.29, 0.717) is 19.6 Å². The molecule has 1 fully saturated rings. The zero-order valence-corrected chi connectivity index (χ0v) is 16.4. The summed E-state index contributed by atoms with van der Waals surface area (Å²) in [6.45, 7) is 8.10. The Kier molecular flexibility index (Phi) is 6.30. The van der Waals surface area contributed by atoms with Crippen molar-refractivity contribution < 1.29 is 19.1 Å². The molecule has 2 atom stereocenters. The van der Waals surface area contributed by atoms with Gasteiger partial charge >= 0.3 is 150 Å². The number of esters is 1. The summed E-state index contributed by atoms with van der Waals surface area (Å²) >= 11 is 0.197. The molecule has 1 heterocycles. The van der Waals surface area contributed by atoms with Crippen LogP contribution in [-0.4, -0.2) is 56.7 Å². The van der Waals surface area contributed by atoms with E-state index in [1.165, 1.54) is 4.46 Å². The third kappa shape index (κ3) is 5.25. The van der Waals surface area contributed by atoms with Crippen LogP contribution < -0.4 is 4.46 Å². The van der Waals surface area contributed by atoms with Crippen LogP contribution in [0.1, 0.15) is 34.1 Å². The molecule has 1 aromatic rings. The summed E-state index contributed by atoms with van der Waals surface area (Å²) in [5.74, 6) is -0.338. The first kappa shape index (κ1) is 18.8. The molecule has 0 aliphatic carbocycles. The number of hydrogen-bond acceptors (Lipinski definition) is 4. The quantitative estimate of drug-likeness (QED) is 0.577. The number of amides is 1. The first-order chi connectivity index (χ1) is 11.3. The monoisotopic (exact) mass is 399 g/mol. The molecule has 0 aromatic heterocycles. The van der Waals surface area contributed by atoms with Crippen molar-refractivity contribution in [2.75, 3.05) is 13.2 Å². The molecule has 0 spiro atoms. The van der Waals surface area contributed by atoms with Gasteiger partial charge in [0.1, 0.15) is 0 Å². The van der Waals surface area contributed by atoms with E-state index in [-0.39, 0.29) is 25.7 Å². The average Bonchev–Trinajstić information content (AvgIpc) is 2.91. The van der Waals surface area contributed by atoms with Gasteiger partial charge in [-0.25, -0.2) is 0 Å². The van der Waals surface area contributed by atoms with Gasteiger partial charge in [0, 0.05) is 0 Å². The molecule has 24 heavy (non-hydrogen) atoms. The number of likely N-dealkylation sites (tertiary alicyclic amines) is 1. The zero-order chi connectivity index (χ0) is 17.7. The summed E-state index contributed by atoms with van der Waals surface area (Å²) in [4.78, 5) is 26.6. The van der Waals surface area contributed by atoms with Crippen molar-refractivity contribution in [3.05, 3.63) is 30.3 Å². The first-order valence-electron chi connectivity index (χ1n) is 8.18. The van der Waals surface area contributed by atoms with E-state index in [1.54, 1.807) is 11.8 Å². The van der Waals surface area contributed by atoms with Gasteiger partial charge in [-0.05, 0) is 0 Å². The van der Waals surface area contributed by atoms with Crippen LogP contribution in [0, 0.1) is 0 Å². The van der Waals surface area contributed by atoms with Gasteiger partial charge in [-0.1, -0.05) is 0 Å². The summed E-state index contributed by atoms with van der Waals surface area (Å²) in [6, 6.07) is 9.66. The van der Waals surface area contributed by atoms with Gasteiger partial charge in [0.25, 0.3) is 0 Å². The zero-order valence-electron chi connectivity index (χ0n) is 14.7. The number of hydrogen-bond donors (Lipinski definition) is 0. The predicted molar refractivity (Wildman–Crippen MR) is 93.6 cm³/mol. The van der Waals surface area contributed by atoms with E-state index in [0.717, 1.165) is 0 Å². The SMILES string of the molecule is CCOC(=O)[C@@H]1CC([Se]c2ccccc2)CN1C(=O)OC(C)(C)C. The molecule has 6 heteroatoms. The van der Waals surface area contributed by atoms with Crippen LogP contribution in [0.15, 0.2) is 30.3 Å². The standard InChI is InChI=1S/C18H25NO4Se/c1-5-22-16(20)15-11-14(24-13-9-7-6-8-10-13)12-19(15)17(21)23-18(2,3)4/h6-10,14-15H,5,11-12H2,1-4H3/t14?,15-/m0/s1. The predicted octanol–water partition coefficient (Wildman–Crippen LogP) is 2.38. The van der Waals surface area contributed by atoms with Crippen LogP contribution in [0.3, 0.4) is 0 Å². The second-order valence-corrected chi connectivity index (χ2v) is 9.57. The van der Waals surface area contributed by atoms with Crippen LogP contribution in [-0.2, 0) is 14.3 Å². The van der Waals surface area contributed by atoms with Crippen LogP contribution in [0.4, 0.5) is 4.79 Å². The Morgan fingerprint density at radius 1 is 1.25 bits per heavy atom. The number of benzene rings is 1. The molecular formula is C18H25NO4Se. The molecule has 0 N–H and O–H groups in total. The minimum atomic E-state index is -0.584. The third-order valence-electron chi connectivity index (χ3n) is 3.50. The molecule has 5 nitrogen and oxygen atoms in total. The van der Waals surface area contributed by atoms with Gasteiger partial charge in [0.2, 0.25) is 0 Å². The Morgan fingerprint density at radius 3 is 2.50 bits per heavy atom. The van der Waals surface area contributed by atoms with E-state index in [1.807, 2.05) is 39.0 Å². The van der Waals surface area contributed by atoms with Crippen LogP contribution in [0.5, 0.6) is 0 Å². The summed E-state index contributed by atoms with van der Waals surface area (Å²) in [5.41, 5.74) is -0.584. The Morgan fingerprint density at radius 2 is 1.92 bits per heavy atom. The summed E-state index contributed by atoms with van der Waals surface area (Å²) in [6.07, 6.45) is 0.194. The maximum atomic E-state index is 12.5. The van der Waals surface area contributed by atoms with E-state index >= 15 is 0 Å². The first-order valence-corrected chi connectivity index (χ1v) is 10.0. The van der Waals surface area contributed by atoms with Gasteiger partial charge in [-0.2, -0.15) is 0 Å². The molecule has 1 aliphatic rings. The number of carbonyl (C=O) groups is 2. The second-order valence-electron chi connectivity index (χ2n) is 6.69. The number of nitrogens with zero attached hydrogens (tertiary/aromatic N) is 1. The molecule has 0 radical (unpaired) electrons. The fraction of sp³-hybridized carbons (Fsp3) is 0.556. The summed E-state index contributed by atoms with van der Waals surface area (Å²) in [5, 5.41) is 0. The Bertz CT molecular complexity index is 570. The molecule has 1 aromatic carbocycles. The molecule has 1 unspecified atom stereocenters. The van der Waals surface area contributed by atoms with E-state index in [4.69, 9.17) is 9.47 Å². The normalized spacial score (nSPS) is 20.8. The molecular weight excluding hydrogens is 373 g/mol. The van der Waals surface area contributed by atoms with Crippen molar-refractivity contribution in [1.82, 2.24) is 4.90 Å². The Hall–Kier alpha value is -1.52. The number of carbonyl (C=O) groups excluding carboxylic acids is 2. The van der Waals surface area contributed by atoms with Crippen molar-refractivity contribution in [3.8, 4) is 0 Å². The molecule has 1 aliphatic heterocycles. The van der Waals surface area contributed by atoms with Gasteiger partial charge in [-0.15, -0.1) is 0 Å². The van der Waals surface area contributed by atoms with Crippen molar-refractivity contribution >= 4 is 31.5 Å². The van der Waals surface area contributed by atoms with Crippen LogP contribution in [0.25, 0.3) is 0 Å². The van der Waals surface area contributed by atoms with E-state index in [2.05, 4.69) is 12.1 Å². The molecule has 1 amide bonds. The fourth-order valence-corrected chi connectivity index (χ4v) is 5.10. The van der Waals surface area contributed by atoms with Crippen molar-refractivity contribution in [3.63, 3.8) is 0 Å². The van der Waals surface area contributed by atoms with Crippen molar-refractivity contribution in [2.24, 2.45) is 0 Å². The molecule has 0 saturated carbocycles. The van der Waals surface area contributed by atoms with Gasteiger partial charge in [0.05, 0.1) is 0 Å².